The molecular weight excluding hydrogens is 272 g/mol. The van der Waals surface area contributed by atoms with E-state index in [0.717, 1.165) is 48.2 Å². The summed E-state index contributed by atoms with van der Waals surface area (Å²) in [4.78, 5) is 18.5. The van der Waals surface area contributed by atoms with Crippen LogP contribution in [0.15, 0.2) is 59.4 Å². The van der Waals surface area contributed by atoms with Gasteiger partial charge in [-0.25, -0.2) is 0 Å². The topological polar surface area (TPSA) is 36.1 Å². The minimum atomic E-state index is 0.198. The third-order valence-electron chi connectivity index (χ3n) is 4.40. The first-order valence-electron chi connectivity index (χ1n) is 7.70. The van der Waals surface area contributed by atoms with Crippen molar-refractivity contribution in [2.45, 2.75) is 19.5 Å². The molecule has 0 radical (unpaired) electrons. The predicted octanol–water partition coefficient (Wildman–Crippen LogP) is 3.09. The van der Waals surface area contributed by atoms with Crippen LogP contribution in [-0.4, -0.2) is 16.4 Å². The first-order chi connectivity index (χ1) is 10.8. The number of para-hydroxylation sites is 1. The lowest BCUT2D eigenvalue weighted by Gasteiger charge is -2.28. The monoisotopic (exact) mass is 290 g/mol. The first-order valence-corrected chi connectivity index (χ1v) is 7.70. The maximum Gasteiger partial charge on any atom is 0.192 e. The molecular formula is C19H18N2O. The summed E-state index contributed by atoms with van der Waals surface area (Å²) in [5.74, 6) is 0. The maximum absolute atomic E-state index is 12.6. The standard InChI is InChI=1S/C19H18N2O/c22-19-15-8-4-5-9-17(15)20-18-13-21(11-10-16(18)19)12-14-6-2-1-3-7-14/h1-9H,10-13H2,(H,20,22). The van der Waals surface area contributed by atoms with Crippen LogP contribution >= 0.6 is 0 Å². The fourth-order valence-corrected chi connectivity index (χ4v) is 3.28. The number of benzene rings is 2. The highest BCUT2D eigenvalue weighted by molar-refractivity contribution is 5.79. The zero-order valence-electron chi connectivity index (χ0n) is 12.4. The molecule has 2 aromatic carbocycles. The second-order valence-electron chi connectivity index (χ2n) is 5.90. The molecule has 3 nitrogen and oxygen atoms in total. The van der Waals surface area contributed by atoms with Gasteiger partial charge in [0.1, 0.15) is 0 Å². The molecule has 2 heterocycles. The Balaban J connectivity index is 1.67. The molecule has 1 aliphatic rings. The summed E-state index contributed by atoms with van der Waals surface area (Å²) in [6.07, 6.45) is 0.822. The normalized spacial score (nSPS) is 14.9. The number of nitrogens with one attached hydrogen (secondary N) is 1. The highest BCUT2D eigenvalue weighted by Gasteiger charge is 2.20. The van der Waals surface area contributed by atoms with Crippen molar-refractivity contribution in [3.05, 3.63) is 81.6 Å². The molecule has 0 aliphatic carbocycles. The number of aromatic amines is 1. The Labute approximate surface area is 129 Å². The van der Waals surface area contributed by atoms with Crippen molar-refractivity contribution < 1.29 is 0 Å². The molecule has 1 N–H and O–H groups in total. The Kier molecular flexibility index (Phi) is 3.28. The van der Waals surface area contributed by atoms with Gasteiger partial charge in [0, 0.05) is 41.8 Å². The van der Waals surface area contributed by atoms with Crippen molar-refractivity contribution in [3.63, 3.8) is 0 Å². The van der Waals surface area contributed by atoms with Crippen molar-refractivity contribution in [1.29, 1.82) is 0 Å². The van der Waals surface area contributed by atoms with Crippen LogP contribution in [-0.2, 0) is 19.5 Å². The zero-order chi connectivity index (χ0) is 14.9. The minimum absolute atomic E-state index is 0.198. The van der Waals surface area contributed by atoms with Gasteiger partial charge in [-0.3, -0.25) is 9.69 Å². The second kappa shape index (κ2) is 5.43. The van der Waals surface area contributed by atoms with E-state index < -0.39 is 0 Å². The molecule has 0 spiro atoms. The van der Waals surface area contributed by atoms with E-state index in [1.54, 1.807) is 0 Å². The van der Waals surface area contributed by atoms with Gasteiger partial charge in [0.15, 0.2) is 5.43 Å². The van der Waals surface area contributed by atoms with Gasteiger partial charge in [-0.15, -0.1) is 0 Å². The van der Waals surface area contributed by atoms with Gasteiger partial charge in [-0.1, -0.05) is 42.5 Å². The molecule has 110 valence electrons. The Morgan fingerprint density at radius 1 is 1.00 bits per heavy atom. The van der Waals surface area contributed by atoms with Crippen LogP contribution in [0.5, 0.6) is 0 Å². The number of pyridine rings is 1. The highest BCUT2D eigenvalue weighted by atomic mass is 16.1. The highest BCUT2D eigenvalue weighted by Crippen LogP contribution is 2.19. The van der Waals surface area contributed by atoms with Crippen LogP contribution in [0.3, 0.4) is 0 Å². The molecule has 0 fully saturated rings. The van der Waals surface area contributed by atoms with Gasteiger partial charge in [-0.05, 0) is 24.1 Å². The average Bonchev–Trinajstić information content (AvgIpc) is 2.56. The summed E-state index contributed by atoms with van der Waals surface area (Å²) in [5.41, 5.74) is 4.49. The van der Waals surface area contributed by atoms with Gasteiger partial charge < -0.3 is 4.98 Å². The van der Waals surface area contributed by atoms with Crippen molar-refractivity contribution in [3.8, 4) is 0 Å². The van der Waals surface area contributed by atoms with Gasteiger partial charge in [0.25, 0.3) is 0 Å². The molecule has 1 aliphatic heterocycles. The van der Waals surface area contributed by atoms with Gasteiger partial charge in [-0.2, -0.15) is 0 Å². The lowest BCUT2D eigenvalue weighted by atomic mass is 10.0. The Bertz CT molecular complexity index is 867. The first kappa shape index (κ1) is 13.3. The number of rotatable bonds is 2. The molecule has 0 atom stereocenters. The molecule has 0 bridgehead atoms. The largest absolute Gasteiger partial charge is 0.357 e. The number of hydrogen-bond donors (Lipinski definition) is 1. The lowest BCUT2D eigenvalue weighted by Crippen LogP contribution is -2.34. The number of nitrogens with zero attached hydrogens (tertiary/aromatic N) is 1. The third-order valence-corrected chi connectivity index (χ3v) is 4.40. The Morgan fingerprint density at radius 2 is 1.77 bits per heavy atom. The van der Waals surface area contributed by atoms with E-state index in [1.165, 1.54) is 5.56 Å². The molecule has 1 aromatic heterocycles. The predicted molar refractivity (Wildman–Crippen MR) is 88.8 cm³/mol. The summed E-state index contributed by atoms with van der Waals surface area (Å²) in [6.45, 7) is 2.67. The van der Waals surface area contributed by atoms with E-state index >= 15 is 0 Å². The quantitative estimate of drug-likeness (QED) is 0.787. The summed E-state index contributed by atoms with van der Waals surface area (Å²) in [5, 5.41) is 0.803. The van der Waals surface area contributed by atoms with Gasteiger partial charge >= 0.3 is 0 Å². The fraction of sp³-hybridized carbons (Fsp3) is 0.211. The Morgan fingerprint density at radius 3 is 2.64 bits per heavy atom. The fourth-order valence-electron chi connectivity index (χ4n) is 3.28. The van der Waals surface area contributed by atoms with Crippen LogP contribution in [0.4, 0.5) is 0 Å². The van der Waals surface area contributed by atoms with Crippen LogP contribution in [0, 0.1) is 0 Å². The molecule has 3 heteroatoms. The van der Waals surface area contributed by atoms with E-state index in [0.29, 0.717) is 0 Å². The van der Waals surface area contributed by atoms with Gasteiger partial charge in [0.2, 0.25) is 0 Å². The molecule has 0 saturated carbocycles. The zero-order valence-corrected chi connectivity index (χ0v) is 12.4. The minimum Gasteiger partial charge on any atom is -0.357 e. The van der Waals surface area contributed by atoms with Crippen LogP contribution in [0.2, 0.25) is 0 Å². The van der Waals surface area contributed by atoms with Crippen molar-refractivity contribution >= 4 is 10.9 Å². The van der Waals surface area contributed by atoms with Crippen LogP contribution < -0.4 is 5.43 Å². The third kappa shape index (κ3) is 2.34. The van der Waals surface area contributed by atoms with E-state index in [1.807, 2.05) is 30.3 Å². The van der Waals surface area contributed by atoms with Gasteiger partial charge in [0.05, 0.1) is 0 Å². The van der Waals surface area contributed by atoms with Crippen molar-refractivity contribution in [1.82, 2.24) is 9.88 Å². The van der Waals surface area contributed by atoms with E-state index in [2.05, 4.69) is 34.1 Å². The summed E-state index contributed by atoms with van der Waals surface area (Å²) in [7, 11) is 0. The summed E-state index contributed by atoms with van der Waals surface area (Å²) < 4.78 is 0. The number of fused-ring (bicyclic) bond motifs is 2. The van der Waals surface area contributed by atoms with E-state index in [4.69, 9.17) is 0 Å². The second-order valence-corrected chi connectivity index (χ2v) is 5.90. The maximum atomic E-state index is 12.6. The van der Waals surface area contributed by atoms with E-state index in [-0.39, 0.29) is 5.43 Å². The molecule has 4 rings (SSSR count). The lowest BCUT2D eigenvalue weighted by molar-refractivity contribution is 0.241. The molecule has 0 amide bonds. The molecule has 0 saturated heterocycles. The van der Waals surface area contributed by atoms with Crippen molar-refractivity contribution in [2.24, 2.45) is 0 Å². The average molecular weight is 290 g/mol. The Hall–Kier alpha value is -2.39. The summed E-state index contributed by atoms with van der Waals surface area (Å²) in [6, 6.07) is 18.3. The number of H-pyrrole nitrogens is 1. The van der Waals surface area contributed by atoms with Crippen LogP contribution in [0.1, 0.15) is 16.8 Å². The smallest absolute Gasteiger partial charge is 0.192 e. The van der Waals surface area contributed by atoms with Crippen molar-refractivity contribution in [2.75, 3.05) is 6.54 Å². The SMILES string of the molecule is O=c1c2c([nH]c3ccccc13)CN(Cc1ccccc1)CC2. The number of hydrogen-bond acceptors (Lipinski definition) is 2. The molecule has 0 unspecified atom stereocenters. The summed E-state index contributed by atoms with van der Waals surface area (Å²) >= 11 is 0. The van der Waals surface area contributed by atoms with Crippen LogP contribution in [0.25, 0.3) is 10.9 Å². The number of aromatic nitrogens is 1. The van der Waals surface area contributed by atoms with E-state index in [9.17, 15) is 4.79 Å². The molecule has 3 aromatic rings. The molecule has 22 heavy (non-hydrogen) atoms.